The fraction of sp³-hybridized carbons (Fsp3) is 0.692. The van der Waals surface area contributed by atoms with Crippen molar-refractivity contribution in [1.82, 2.24) is 15.1 Å². The molecular formula is C13H24N4O3S. The smallest absolute Gasteiger partial charge is 0.268 e. The highest BCUT2D eigenvalue weighted by atomic mass is 32.2. The van der Waals surface area contributed by atoms with E-state index in [2.05, 4.69) is 17.3 Å². The standard InChI is InChI=1S/C13H24N4O3S/c1-4-7-16(2)12-10-13(18)17(15-11-12)8-5-14-6-9-21(3,19)20/h10-11,14H,4-9H2,1-3H3. The van der Waals surface area contributed by atoms with Crippen LogP contribution < -0.4 is 15.8 Å². The maximum atomic E-state index is 11.9. The van der Waals surface area contributed by atoms with Crippen LogP contribution >= 0.6 is 0 Å². The van der Waals surface area contributed by atoms with Crippen molar-refractivity contribution in [3.63, 3.8) is 0 Å². The summed E-state index contributed by atoms with van der Waals surface area (Å²) in [6.45, 7) is 4.25. The summed E-state index contributed by atoms with van der Waals surface area (Å²) in [6, 6.07) is 1.57. The number of hydrogen-bond acceptors (Lipinski definition) is 6. The third kappa shape index (κ3) is 6.72. The number of aromatic nitrogens is 2. The molecule has 1 N–H and O–H groups in total. The van der Waals surface area contributed by atoms with Crippen LogP contribution in [0.25, 0.3) is 0 Å². The summed E-state index contributed by atoms with van der Waals surface area (Å²) >= 11 is 0. The van der Waals surface area contributed by atoms with Crippen LogP contribution in [0.4, 0.5) is 5.69 Å². The van der Waals surface area contributed by atoms with E-state index in [9.17, 15) is 13.2 Å². The van der Waals surface area contributed by atoms with Crippen molar-refractivity contribution in [1.29, 1.82) is 0 Å². The highest BCUT2D eigenvalue weighted by Crippen LogP contribution is 2.06. The molecule has 21 heavy (non-hydrogen) atoms. The van der Waals surface area contributed by atoms with Crippen molar-refractivity contribution in [3.05, 3.63) is 22.6 Å². The quantitative estimate of drug-likeness (QED) is 0.631. The van der Waals surface area contributed by atoms with Gasteiger partial charge in [0.25, 0.3) is 5.56 Å². The third-order valence-electron chi connectivity index (χ3n) is 3.00. The Labute approximate surface area is 125 Å². The molecule has 1 aromatic rings. The Morgan fingerprint density at radius 1 is 1.38 bits per heavy atom. The fourth-order valence-electron chi connectivity index (χ4n) is 1.83. The molecule has 0 unspecified atom stereocenters. The van der Waals surface area contributed by atoms with Gasteiger partial charge >= 0.3 is 0 Å². The van der Waals surface area contributed by atoms with E-state index in [-0.39, 0.29) is 11.3 Å². The SMILES string of the molecule is CCCN(C)c1cnn(CCNCCS(C)(=O)=O)c(=O)c1. The van der Waals surface area contributed by atoms with Gasteiger partial charge in [0.1, 0.15) is 9.84 Å². The zero-order chi connectivity index (χ0) is 15.9. The van der Waals surface area contributed by atoms with Gasteiger partial charge in [-0.3, -0.25) is 4.79 Å². The molecular weight excluding hydrogens is 292 g/mol. The Morgan fingerprint density at radius 2 is 2.10 bits per heavy atom. The Hall–Kier alpha value is -1.41. The molecule has 0 spiro atoms. The summed E-state index contributed by atoms with van der Waals surface area (Å²) in [5.74, 6) is 0.0933. The molecule has 0 bridgehead atoms. The van der Waals surface area contributed by atoms with Crippen molar-refractivity contribution in [3.8, 4) is 0 Å². The van der Waals surface area contributed by atoms with Crippen molar-refractivity contribution in [2.75, 3.05) is 43.6 Å². The predicted molar refractivity (Wildman–Crippen MR) is 84.6 cm³/mol. The average molecular weight is 316 g/mol. The van der Waals surface area contributed by atoms with Crippen LogP contribution in [0.1, 0.15) is 13.3 Å². The second kappa shape index (κ2) is 8.14. The number of sulfone groups is 1. The minimum Gasteiger partial charge on any atom is -0.373 e. The van der Waals surface area contributed by atoms with Crippen molar-refractivity contribution < 1.29 is 8.42 Å². The molecule has 0 atom stereocenters. The molecule has 0 aliphatic carbocycles. The highest BCUT2D eigenvalue weighted by Gasteiger charge is 2.04. The number of rotatable bonds is 9. The first kappa shape index (κ1) is 17.6. The second-order valence-corrected chi connectivity index (χ2v) is 7.34. The molecule has 7 nitrogen and oxygen atoms in total. The van der Waals surface area contributed by atoms with Gasteiger partial charge in [-0.1, -0.05) is 6.92 Å². The number of nitrogens with zero attached hydrogens (tertiary/aromatic N) is 3. The van der Waals surface area contributed by atoms with Gasteiger partial charge in [0, 0.05) is 39.0 Å². The van der Waals surface area contributed by atoms with Crippen LogP contribution in [-0.2, 0) is 16.4 Å². The molecule has 0 fully saturated rings. The molecule has 0 aliphatic heterocycles. The summed E-state index contributed by atoms with van der Waals surface area (Å²) in [5.41, 5.74) is 0.656. The van der Waals surface area contributed by atoms with E-state index in [4.69, 9.17) is 0 Å². The lowest BCUT2D eigenvalue weighted by atomic mass is 10.3. The molecule has 8 heteroatoms. The van der Waals surface area contributed by atoms with Gasteiger partial charge in [-0.25, -0.2) is 13.1 Å². The van der Waals surface area contributed by atoms with Gasteiger partial charge in [0.15, 0.2) is 0 Å². The van der Waals surface area contributed by atoms with Crippen molar-refractivity contribution in [2.45, 2.75) is 19.9 Å². The van der Waals surface area contributed by atoms with E-state index < -0.39 is 9.84 Å². The maximum absolute atomic E-state index is 11.9. The summed E-state index contributed by atoms with van der Waals surface area (Å²) < 4.78 is 23.3. The zero-order valence-corrected chi connectivity index (χ0v) is 13.7. The van der Waals surface area contributed by atoms with Gasteiger partial charge in [0.2, 0.25) is 0 Å². The Bertz CT molecular complexity index is 598. The molecule has 120 valence electrons. The van der Waals surface area contributed by atoms with Crippen LogP contribution in [0, 0.1) is 0 Å². The third-order valence-corrected chi connectivity index (χ3v) is 3.95. The number of hydrogen-bond donors (Lipinski definition) is 1. The van der Waals surface area contributed by atoms with E-state index in [1.807, 2.05) is 11.9 Å². The van der Waals surface area contributed by atoms with Gasteiger partial charge < -0.3 is 10.2 Å². The molecule has 0 aromatic carbocycles. The second-order valence-electron chi connectivity index (χ2n) is 5.08. The highest BCUT2D eigenvalue weighted by molar-refractivity contribution is 7.90. The number of nitrogens with one attached hydrogen (secondary N) is 1. The minimum absolute atomic E-state index is 0.0933. The first-order valence-electron chi connectivity index (χ1n) is 7.00. The Balaban J connectivity index is 2.48. The molecule has 0 radical (unpaired) electrons. The first-order valence-corrected chi connectivity index (χ1v) is 9.06. The van der Waals surface area contributed by atoms with E-state index in [0.717, 1.165) is 18.7 Å². The Morgan fingerprint density at radius 3 is 2.67 bits per heavy atom. The van der Waals surface area contributed by atoms with E-state index in [1.165, 1.54) is 10.9 Å². The largest absolute Gasteiger partial charge is 0.373 e. The number of anilines is 1. The summed E-state index contributed by atoms with van der Waals surface area (Å²) in [7, 11) is -1.02. The van der Waals surface area contributed by atoms with Crippen molar-refractivity contribution in [2.24, 2.45) is 0 Å². The summed E-state index contributed by atoms with van der Waals surface area (Å²) in [5, 5.41) is 7.12. The van der Waals surface area contributed by atoms with E-state index >= 15 is 0 Å². The molecule has 0 saturated heterocycles. The van der Waals surface area contributed by atoms with Crippen LogP contribution in [0.2, 0.25) is 0 Å². The summed E-state index contributed by atoms with van der Waals surface area (Å²) in [6.07, 6.45) is 3.88. The Kier molecular flexibility index (Phi) is 6.83. The average Bonchev–Trinajstić information content (AvgIpc) is 2.39. The zero-order valence-electron chi connectivity index (χ0n) is 12.9. The van der Waals surface area contributed by atoms with E-state index in [0.29, 0.717) is 19.6 Å². The molecule has 1 rings (SSSR count). The molecule has 0 saturated carbocycles. The van der Waals surface area contributed by atoms with Crippen molar-refractivity contribution >= 4 is 15.5 Å². The molecule has 1 aromatic heterocycles. The van der Waals surface area contributed by atoms with E-state index in [1.54, 1.807) is 12.3 Å². The lowest BCUT2D eigenvalue weighted by Gasteiger charge is -2.17. The molecule has 1 heterocycles. The maximum Gasteiger partial charge on any atom is 0.268 e. The normalized spacial score (nSPS) is 11.6. The molecule has 0 aliphatic rings. The van der Waals surface area contributed by atoms with Crippen LogP contribution in [-0.4, -0.2) is 56.9 Å². The lowest BCUT2D eigenvalue weighted by molar-refractivity contribution is 0.537. The van der Waals surface area contributed by atoms with Gasteiger partial charge in [-0.05, 0) is 6.42 Å². The van der Waals surface area contributed by atoms with Gasteiger partial charge in [-0.2, -0.15) is 5.10 Å². The lowest BCUT2D eigenvalue weighted by Crippen LogP contribution is -2.31. The predicted octanol–water partition coefficient (Wildman–Crippen LogP) is -0.276. The summed E-state index contributed by atoms with van der Waals surface area (Å²) in [4.78, 5) is 13.9. The van der Waals surface area contributed by atoms with Crippen LogP contribution in [0.15, 0.2) is 17.1 Å². The monoisotopic (exact) mass is 316 g/mol. The van der Waals surface area contributed by atoms with Gasteiger partial charge in [0.05, 0.1) is 24.2 Å². The topological polar surface area (TPSA) is 84.3 Å². The van der Waals surface area contributed by atoms with Crippen LogP contribution in [0.5, 0.6) is 0 Å². The molecule has 0 amide bonds. The van der Waals surface area contributed by atoms with Crippen LogP contribution in [0.3, 0.4) is 0 Å². The first-order chi connectivity index (χ1) is 9.83. The minimum atomic E-state index is -2.95. The van der Waals surface area contributed by atoms with Gasteiger partial charge in [-0.15, -0.1) is 0 Å². The fourth-order valence-corrected chi connectivity index (χ4v) is 2.35.